The zero-order chi connectivity index (χ0) is 14.5. The van der Waals surface area contributed by atoms with Crippen molar-refractivity contribution < 1.29 is 13.2 Å². The number of sulfone groups is 1. The lowest BCUT2D eigenvalue weighted by Crippen LogP contribution is -2.32. The van der Waals surface area contributed by atoms with Crippen LogP contribution in [-0.2, 0) is 9.84 Å². The summed E-state index contributed by atoms with van der Waals surface area (Å²) < 4.78 is 30.0. The predicted molar refractivity (Wildman–Crippen MR) is 77.4 cm³/mol. The van der Waals surface area contributed by atoms with E-state index in [9.17, 15) is 8.42 Å². The molecule has 0 spiro atoms. The largest absolute Gasteiger partial charge is 0.497 e. The molecule has 1 rings (SSSR count). The molecule has 0 aromatic heterocycles. The van der Waals surface area contributed by atoms with E-state index in [0.717, 1.165) is 6.54 Å². The molecular weight excluding hydrogens is 262 g/mol. The lowest BCUT2D eigenvalue weighted by atomic mass is 10.2. The summed E-state index contributed by atoms with van der Waals surface area (Å²) in [5.74, 6) is 0.563. The second kappa shape index (κ2) is 6.91. The number of benzene rings is 1. The Morgan fingerprint density at radius 1 is 1.32 bits per heavy atom. The molecule has 1 aromatic carbocycles. The van der Waals surface area contributed by atoms with Crippen LogP contribution in [0.1, 0.15) is 27.2 Å². The smallest absolute Gasteiger partial charge is 0.181 e. The summed E-state index contributed by atoms with van der Waals surface area (Å²) in [6.45, 7) is 6.61. The lowest BCUT2D eigenvalue weighted by molar-refractivity contribution is 0.413. The van der Waals surface area contributed by atoms with Gasteiger partial charge in [-0.05, 0) is 45.0 Å². The van der Waals surface area contributed by atoms with Crippen LogP contribution >= 0.6 is 0 Å². The summed E-state index contributed by atoms with van der Waals surface area (Å²) in [6.07, 6.45) is 0.591. The number of hydrogen-bond donors (Lipinski definition) is 1. The molecule has 0 aliphatic heterocycles. The zero-order valence-electron chi connectivity index (χ0n) is 12.0. The van der Waals surface area contributed by atoms with Crippen LogP contribution in [0.3, 0.4) is 0 Å². The Kier molecular flexibility index (Phi) is 5.82. The Bertz CT molecular complexity index is 499. The van der Waals surface area contributed by atoms with Crippen molar-refractivity contribution in [2.24, 2.45) is 0 Å². The van der Waals surface area contributed by atoms with Crippen LogP contribution in [0, 0.1) is 0 Å². The van der Waals surface area contributed by atoms with Crippen molar-refractivity contribution in [2.45, 2.75) is 43.4 Å². The quantitative estimate of drug-likeness (QED) is 0.835. The summed E-state index contributed by atoms with van der Waals surface area (Å²) >= 11 is 0. The molecular formula is C14H23NO3S. The molecule has 108 valence electrons. The summed E-state index contributed by atoms with van der Waals surface area (Å²) in [5, 5.41) is 2.81. The van der Waals surface area contributed by atoms with Crippen molar-refractivity contribution in [2.75, 3.05) is 13.7 Å². The molecule has 5 heteroatoms. The molecule has 2 unspecified atom stereocenters. The fourth-order valence-electron chi connectivity index (χ4n) is 2.07. The average Bonchev–Trinajstić information content (AvgIpc) is 2.38. The highest BCUT2D eigenvalue weighted by Gasteiger charge is 2.25. The van der Waals surface area contributed by atoms with Crippen LogP contribution in [-0.4, -0.2) is 33.4 Å². The summed E-state index contributed by atoms with van der Waals surface area (Å²) in [5.41, 5.74) is 0. The van der Waals surface area contributed by atoms with E-state index in [-0.39, 0.29) is 6.04 Å². The first-order chi connectivity index (χ1) is 8.91. The molecule has 4 nitrogen and oxygen atoms in total. The van der Waals surface area contributed by atoms with Gasteiger partial charge in [0, 0.05) is 6.04 Å². The van der Waals surface area contributed by atoms with Gasteiger partial charge in [0.1, 0.15) is 5.75 Å². The topological polar surface area (TPSA) is 55.4 Å². The molecule has 0 aliphatic rings. The first-order valence-corrected chi connectivity index (χ1v) is 8.07. The van der Waals surface area contributed by atoms with Gasteiger partial charge in [-0.15, -0.1) is 0 Å². The van der Waals surface area contributed by atoms with E-state index in [1.54, 1.807) is 31.2 Å². The van der Waals surface area contributed by atoms with E-state index in [4.69, 9.17) is 4.74 Å². The Hall–Kier alpha value is -1.07. The molecule has 19 heavy (non-hydrogen) atoms. The van der Waals surface area contributed by atoms with Gasteiger partial charge in [0.2, 0.25) is 0 Å². The van der Waals surface area contributed by atoms with Crippen molar-refractivity contribution in [3.63, 3.8) is 0 Å². The fourth-order valence-corrected chi connectivity index (χ4v) is 3.62. The molecule has 0 heterocycles. The third kappa shape index (κ3) is 4.21. The Balaban J connectivity index is 2.90. The maximum absolute atomic E-state index is 12.5. The van der Waals surface area contributed by atoms with Gasteiger partial charge in [0.25, 0.3) is 0 Å². The van der Waals surface area contributed by atoms with Crippen molar-refractivity contribution in [3.8, 4) is 5.75 Å². The third-order valence-corrected chi connectivity index (χ3v) is 5.30. The molecule has 0 fully saturated rings. The first-order valence-electron chi connectivity index (χ1n) is 6.53. The van der Waals surface area contributed by atoms with Crippen LogP contribution in [0.25, 0.3) is 0 Å². The van der Waals surface area contributed by atoms with E-state index in [0.29, 0.717) is 17.1 Å². The van der Waals surface area contributed by atoms with E-state index in [1.807, 2.05) is 13.8 Å². The van der Waals surface area contributed by atoms with E-state index < -0.39 is 15.1 Å². The minimum Gasteiger partial charge on any atom is -0.497 e. The molecule has 0 amide bonds. The van der Waals surface area contributed by atoms with E-state index in [2.05, 4.69) is 5.32 Å². The monoisotopic (exact) mass is 285 g/mol. The van der Waals surface area contributed by atoms with E-state index >= 15 is 0 Å². The molecule has 0 saturated carbocycles. The molecule has 0 saturated heterocycles. The van der Waals surface area contributed by atoms with Gasteiger partial charge in [0.15, 0.2) is 9.84 Å². The average molecular weight is 285 g/mol. The third-order valence-electron chi connectivity index (χ3n) is 3.14. The maximum Gasteiger partial charge on any atom is 0.181 e. The number of hydrogen-bond acceptors (Lipinski definition) is 4. The van der Waals surface area contributed by atoms with Gasteiger partial charge in [-0.3, -0.25) is 0 Å². The van der Waals surface area contributed by atoms with Gasteiger partial charge in [-0.25, -0.2) is 8.42 Å². The molecule has 0 aliphatic carbocycles. The highest BCUT2D eigenvalue weighted by Crippen LogP contribution is 2.23. The molecule has 1 aromatic rings. The lowest BCUT2D eigenvalue weighted by Gasteiger charge is -2.18. The normalized spacial score (nSPS) is 14.9. The number of ether oxygens (including phenoxy) is 1. The van der Waals surface area contributed by atoms with Gasteiger partial charge in [-0.2, -0.15) is 0 Å². The molecule has 0 bridgehead atoms. The first kappa shape index (κ1) is 16.0. The highest BCUT2D eigenvalue weighted by molar-refractivity contribution is 7.92. The van der Waals surface area contributed by atoms with Gasteiger partial charge in [-0.1, -0.05) is 13.0 Å². The SMILES string of the molecule is CCNC(C)CC(C)S(=O)(=O)c1cccc(OC)c1. The van der Waals surface area contributed by atoms with Crippen molar-refractivity contribution >= 4 is 9.84 Å². The summed E-state index contributed by atoms with van der Waals surface area (Å²) in [6, 6.07) is 6.81. The van der Waals surface area contributed by atoms with E-state index in [1.165, 1.54) is 7.11 Å². The van der Waals surface area contributed by atoms with Crippen LogP contribution in [0.2, 0.25) is 0 Å². The summed E-state index contributed by atoms with van der Waals surface area (Å²) in [7, 11) is -1.77. The number of nitrogens with one attached hydrogen (secondary N) is 1. The van der Waals surface area contributed by atoms with Crippen LogP contribution in [0.4, 0.5) is 0 Å². The van der Waals surface area contributed by atoms with Gasteiger partial charge in [0.05, 0.1) is 17.3 Å². The minimum atomic E-state index is -3.30. The van der Waals surface area contributed by atoms with Crippen molar-refractivity contribution in [1.82, 2.24) is 5.32 Å². The second-order valence-electron chi connectivity index (χ2n) is 4.73. The Morgan fingerprint density at radius 3 is 2.58 bits per heavy atom. The predicted octanol–water partition coefficient (Wildman–Crippen LogP) is 2.25. The van der Waals surface area contributed by atoms with Crippen LogP contribution in [0.15, 0.2) is 29.2 Å². The Labute approximate surface area is 116 Å². The number of methoxy groups -OCH3 is 1. The molecule has 0 radical (unpaired) electrons. The fraction of sp³-hybridized carbons (Fsp3) is 0.571. The van der Waals surface area contributed by atoms with Crippen LogP contribution < -0.4 is 10.1 Å². The summed E-state index contributed by atoms with van der Waals surface area (Å²) in [4.78, 5) is 0.322. The van der Waals surface area contributed by atoms with Gasteiger partial charge < -0.3 is 10.1 Å². The van der Waals surface area contributed by atoms with Crippen molar-refractivity contribution in [1.29, 1.82) is 0 Å². The second-order valence-corrected chi connectivity index (χ2v) is 7.10. The zero-order valence-corrected chi connectivity index (χ0v) is 12.8. The minimum absolute atomic E-state index is 0.181. The van der Waals surface area contributed by atoms with Crippen LogP contribution in [0.5, 0.6) is 5.75 Å². The van der Waals surface area contributed by atoms with Gasteiger partial charge >= 0.3 is 0 Å². The molecule has 2 atom stereocenters. The Morgan fingerprint density at radius 2 is 2.00 bits per heavy atom. The standard InChI is InChI=1S/C14H23NO3S/c1-5-15-11(2)9-12(3)19(16,17)14-8-6-7-13(10-14)18-4/h6-8,10-12,15H,5,9H2,1-4H3. The highest BCUT2D eigenvalue weighted by atomic mass is 32.2. The number of rotatable bonds is 7. The molecule has 1 N–H and O–H groups in total. The van der Waals surface area contributed by atoms with Crippen molar-refractivity contribution in [3.05, 3.63) is 24.3 Å². The maximum atomic E-state index is 12.5.